The van der Waals surface area contributed by atoms with Gasteiger partial charge in [0, 0.05) is 22.8 Å². The number of hydrogen-bond donors (Lipinski definition) is 1. The zero-order valence-corrected chi connectivity index (χ0v) is 16.0. The predicted molar refractivity (Wildman–Crippen MR) is 102 cm³/mol. The van der Waals surface area contributed by atoms with Gasteiger partial charge in [0.1, 0.15) is 20.5 Å². The summed E-state index contributed by atoms with van der Waals surface area (Å²) >= 11 is 1.62. The molecule has 0 aliphatic heterocycles. The summed E-state index contributed by atoms with van der Waals surface area (Å²) in [6.07, 6.45) is 3.42. The van der Waals surface area contributed by atoms with Gasteiger partial charge in [0.2, 0.25) is 0 Å². The van der Waals surface area contributed by atoms with Crippen LogP contribution in [0.25, 0.3) is 16.0 Å². The molecule has 25 heavy (non-hydrogen) atoms. The van der Waals surface area contributed by atoms with Crippen LogP contribution >= 0.6 is 11.3 Å². The van der Waals surface area contributed by atoms with Crippen molar-refractivity contribution in [1.82, 2.24) is 4.40 Å². The lowest BCUT2D eigenvalue weighted by molar-refractivity contribution is -1.01. The first-order valence-electron chi connectivity index (χ1n) is 8.58. The lowest BCUT2D eigenvalue weighted by atomic mass is 9.96. The highest BCUT2D eigenvalue weighted by atomic mass is 32.1. The molecule has 0 aliphatic rings. The van der Waals surface area contributed by atoms with E-state index in [1.54, 1.807) is 11.3 Å². The Morgan fingerprint density at radius 3 is 2.52 bits per heavy atom. The second-order valence-corrected chi connectivity index (χ2v) is 7.95. The van der Waals surface area contributed by atoms with Crippen LogP contribution in [0.1, 0.15) is 37.4 Å². The lowest BCUT2D eigenvalue weighted by Gasteiger charge is -2.15. The number of carbonyl (C=O) groups is 1. The maximum Gasteiger partial charge on any atom is 0.351 e. The molecule has 0 bridgehead atoms. The number of hydroxylamine groups is 3. The maximum atomic E-state index is 12.1. The van der Waals surface area contributed by atoms with E-state index in [0.717, 1.165) is 22.5 Å². The number of aromatic nitrogens is 1. The Bertz CT molecular complexity index is 885. The van der Waals surface area contributed by atoms with Crippen molar-refractivity contribution in [3.05, 3.63) is 53.2 Å². The number of amides is 1. The molecule has 0 radical (unpaired) electrons. The molecule has 0 aliphatic carbocycles. The van der Waals surface area contributed by atoms with E-state index in [9.17, 15) is 10.0 Å². The number of rotatable bonds is 5. The Hall–Kier alpha value is -1.95. The van der Waals surface area contributed by atoms with Gasteiger partial charge < -0.3 is 4.40 Å². The minimum absolute atomic E-state index is 0.213. The summed E-state index contributed by atoms with van der Waals surface area (Å²) in [5.74, 6) is 0.344. The topological polar surface area (TPSA) is 41.7 Å². The molecule has 2 heterocycles. The van der Waals surface area contributed by atoms with E-state index in [4.69, 9.17) is 0 Å². The minimum Gasteiger partial charge on any atom is -0.310 e. The predicted octanol–water partition coefficient (Wildman–Crippen LogP) is 4.72. The Morgan fingerprint density at radius 1 is 1.24 bits per heavy atom. The highest BCUT2D eigenvalue weighted by Gasteiger charge is 2.25. The average Bonchev–Trinajstić information content (AvgIpc) is 3.15. The summed E-state index contributed by atoms with van der Waals surface area (Å²) in [5.41, 5.74) is 4.60. The first-order valence-corrected chi connectivity index (χ1v) is 9.46. The van der Waals surface area contributed by atoms with Crippen LogP contribution in [0, 0.1) is 0 Å². The quantitative estimate of drug-likeness (QED) is 0.408. The fourth-order valence-corrected chi connectivity index (χ4v) is 3.75. The standard InChI is InChI=1S/C20H25N2O2S/c1-5-14(2)15-6-8-16(9-7-15)17-10-19-21(12-17)18(13-25-19)11-20(23)22(3,4)24/h6-10,12-14,24H,5,11H2,1-4H3/q+1. The van der Waals surface area contributed by atoms with Crippen LogP contribution in [0.15, 0.2) is 41.9 Å². The molecule has 1 N–H and O–H groups in total. The molecule has 5 heteroatoms. The van der Waals surface area contributed by atoms with Crippen molar-refractivity contribution in [2.24, 2.45) is 0 Å². The fourth-order valence-electron chi connectivity index (χ4n) is 2.82. The molecule has 1 aromatic carbocycles. The van der Waals surface area contributed by atoms with E-state index in [1.807, 2.05) is 5.38 Å². The van der Waals surface area contributed by atoms with Crippen LogP contribution in [0.3, 0.4) is 0 Å². The van der Waals surface area contributed by atoms with Crippen LogP contribution in [0.5, 0.6) is 0 Å². The molecule has 0 fully saturated rings. The Morgan fingerprint density at radius 2 is 1.92 bits per heavy atom. The second kappa shape index (κ2) is 6.75. The van der Waals surface area contributed by atoms with Gasteiger partial charge in [-0.05, 0) is 29.5 Å². The third-order valence-corrected chi connectivity index (χ3v) is 5.72. The number of thiazole rings is 1. The highest BCUT2D eigenvalue weighted by molar-refractivity contribution is 7.15. The van der Waals surface area contributed by atoms with E-state index in [1.165, 1.54) is 25.2 Å². The van der Waals surface area contributed by atoms with Crippen molar-refractivity contribution in [2.45, 2.75) is 32.6 Å². The summed E-state index contributed by atoms with van der Waals surface area (Å²) in [6, 6.07) is 10.9. The Labute approximate surface area is 152 Å². The number of benzene rings is 1. The van der Waals surface area contributed by atoms with Gasteiger partial charge in [0.15, 0.2) is 0 Å². The third-order valence-electron chi connectivity index (χ3n) is 4.78. The van der Waals surface area contributed by atoms with Crippen molar-refractivity contribution in [1.29, 1.82) is 0 Å². The minimum atomic E-state index is -0.650. The van der Waals surface area contributed by atoms with Crippen LogP contribution in [-0.2, 0) is 11.2 Å². The normalized spacial score (nSPS) is 13.3. The van der Waals surface area contributed by atoms with Gasteiger partial charge >= 0.3 is 5.91 Å². The molecule has 0 saturated heterocycles. The molecule has 2 aromatic heterocycles. The van der Waals surface area contributed by atoms with Crippen molar-refractivity contribution in [3.63, 3.8) is 0 Å². The number of hydrogen-bond acceptors (Lipinski definition) is 3. The van der Waals surface area contributed by atoms with Crippen molar-refractivity contribution in [3.8, 4) is 11.1 Å². The number of nitrogens with zero attached hydrogens (tertiary/aromatic N) is 2. The van der Waals surface area contributed by atoms with Crippen LogP contribution < -0.4 is 0 Å². The number of quaternary nitrogens is 1. The molecule has 1 unspecified atom stereocenters. The number of fused-ring (bicyclic) bond motifs is 1. The van der Waals surface area contributed by atoms with Gasteiger partial charge in [-0.1, -0.05) is 38.1 Å². The maximum absolute atomic E-state index is 12.1. The number of likely N-dealkylation sites (N-methyl/N-ethyl adjacent to an activating group) is 1. The molecule has 132 valence electrons. The van der Waals surface area contributed by atoms with Gasteiger partial charge in [0.05, 0.1) is 4.83 Å². The molecule has 3 aromatic rings. The van der Waals surface area contributed by atoms with E-state index in [-0.39, 0.29) is 12.3 Å². The summed E-state index contributed by atoms with van der Waals surface area (Å²) in [6.45, 7) is 4.45. The Kier molecular flexibility index (Phi) is 4.82. The van der Waals surface area contributed by atoms with Gasteiger partial charge in [-0.25, -0.2) is 10.0 Å². The summed E-state index contributed by atoms with van der Waals surface area (Å²) in [5, 5.41) is 11.8. The Balaban J connectivity index is 1.88. The zero-order valence-electron chi connectivity index (χ0n) is 15.2. The van der Waals surface area contributed by atoms with E-state index in [0.29, 0.717) is 5.92 Å². The van der Waals surface area contributed by atoms with E-state index < -0.39 is 4.65 Å². The second-order valence-electron chi connectivity index (χ2n) is 7.06. The highest BCUT2D eigenvalue weighted by Crippen LogP contribution is 2.29. The number of carbonyl (C=O) groups excluding carboxylic acids is 1. The van der Waals surface area contributed by atoms with Crippen molar-refractivity contribution in [2.75, 3.05) is 14.1 Å². The first-order chi connectivity index (χ1) is 11.8. The van der Waals surface area contributed by atoms with Crippen LogP contribution in [-0.4, -0.2) is 34.3 Å². The smallest absolute Gasteiger partial charge is 0.310 e. The molecular formula is C20H25N2O2S+. The third kappa shape index (κ3) is 3.68. The van der Waals surface area contributed by atoms with Gasteiger partial charge in [-0.15, -0.1) is 16.0 Å². The molecular weight excluding hydrogens is 332 g/mol. The average molecular weight is 357 g/mol. The fraction of sp³-hybridized carbons (Fsp3) is 0.350. The molecule has 1 amide bonds. The SMILES string of the molecule is CCC(C)c1ccc(-c2cc3scc(CC(=O)[N+](C)(C)O)n3c2)cc1. The lowest BCUT2D eigenvalue weighted by Crippen LogP contribution is -2.43. The van der Waals surface area contributed by atoms with E-state index in [2.05, 4.69) is 54.8 Å². The molecule has 4 nitrogen and oxygen atoms in total. The summed E-state index contributed by atoms with van der Waals surface area (Å²) in [4.78, 5) is 13.2. The molecule has 1 atom stereocenters. The van der Waals surface area contributed by atoms with Gasteiger partial charge in [-0.2, -0.15) is 0 Å². The first kappa shape index (κ1) is 17.9. The molecule has 0 spiro atoms. The summed E-state index contributed by atoms with van der Waals surface area (Å²) in [7, 11) is 2.96. The molecule has 0 saturated carbocycles. The van der Waals surface area contributed by atoms with Gasteiger partial charge in [-0.3, -0.25) is 0 Å². The van der Waals surface area contributed by atoms with Crippen LogP contribution in [0.2, 0.25) is 0 Å². The summed E-state index contributed by atoms with van der Waals surface area (Å²) < 4.78 is 1.40. The largest absolute Gasteiger partial charge is 0.351 e. The monoisotopic (exact) mass is 357 g/mol. The van der Waals surface area contributed by atoms with Crippen molar-refractivity contribution >= 4 is 22.1 Å². The van der Waals surface area contributed by atoms with Crippen LogP contribution in [0.4, 0.5) is 0 Å². The van der Waals surface area contributed by atoms with E-state index >= 15 is 0 Å². The van der Waals surface area contributed by atoms with Gasteiger partial charge in [0.25, 0.3) is 0 Å². The molecule has 3 rings (SSSR count). The van der Waals surface area contributed by atoms with Crippen molar-refractivity contribution < 1.29 is 14.6 Å². The zero-order chi connectivity index (χ0) is 18.2.